The molecule has 2 N–H and O–H groups in total. The Labute approximate surface area is 122 Å². The minimum Gasteiger partial charge on any atom is -0.348 e. The molecule has 5 nitrogen and oxygen atoms in total. The van der Waals surface area contributed by atoms with Gasteiger partial charge in [-0.3, -0.25) is 14.9 Å². The minimum absolute atomic E-state index is 0.108. The highest BCUT2D eigenvalue weighted by Gasteiger charge is 2.06. The number of benzene rings is 1. The number of rotatable bonds is 4. The third-order valence-corrected chi connectivity index (χ3v) is 3.12. The van der Waals surface area contributed by atoms with Gasteiger partial charge in [0.2, 0.25) is 0 Å². The third kappa shape index (κ3) is 3.14. The first-order valence-corrected chi connectivity index (χ1v) is 6.60. The van der Waals surface area contributed by atoms with Gasteiger partial charge in [-0.2, -0.15) is 5.10 Å². The number of nitrogens with zero attached hydrogens (tertiary/aromatic N) is 2. The van der Waals surface area contributed by atoms with Crippen molar-refractivity contribution in [3.05, 3.63) is 72.2 Å². The third-order valence-electron chi connectivity index (χ3n) is 3.12. The molecule has 0 bridgehead atoms. The molecule has 0 aliphatic rings. The first-order valence-electron chi connectivity index (χ1n) is 6.60. The Balaban J connectivity index is 1.67. The monoisotopic (exact) mass is 278 g/mol. The van der Waals surface area contributed by atoms with Crippen molar-refractivity contribution in [3.8, 4) is 11.3 Å². The molecule has 3 aromatic rings. The van der Waals surface area contributed by atoms with Crippen LogP contribution in [0.3, 0.4) is 0 Å². The molecule has 0 saturated carbocycles. The number of hydrogen-bond acceptors (Lipinski definition) is 3. The molecule has 21 heavy (non-hydrogen) atoms. The fourth-order valence-corrected chi connectivity index (χ4v) is 1.98. The second-order valence-electron chi connectivity index (χ2n) is 4.58. The second kappa shape index (κ2) is 6.00. The van der Waals surface area contributed by atoms with E-state index < -0.39 is 0 Å². The molecule has 2 heterocycles. The van der Waals surface area contributed by atoms with Crippen molar-refractivity contribution in [1.82, 2.24) is 20.5 Å². The van der Waals surface area contributed by atoms with E-state index in [1.165, 1.54) is 0 Å². The Morgan fingerprint density at radius 2 is 2.00 bits per heavy atom. The van der Waals surface area contributed by atoms with Crippen LogP contribution in [0.1, 0.15) is 15.9 Å². The van der Waals surface area contributed by atoms with Crippen LogP contribution in [0, 0.1) is 0 Å². The Hall–Kier alpha value is -2.95. The van der Waals surface area contributed by atoms with Crippen LogP contribution in [0.15, 0.2) is 61.1 Å². The SMILES string of the molecule is O=C(NCc1cn[nH]c1)c1ccc(-c2ccccn2)cc1. The van der Waals surface area contributed by atoms with Crippen molar-refractivity contribution < 1.29 is 4.79 Å². The summed E-state index contributed by atoms with van der Waals surface area (Å²) in [5.41, 5.74) is 3.44. The Kier molecular flexibility index (Phi) is 3.73. The highest BCUT2D eigenvalue weighted by atomic mass is 16.1. The quantitative estimate of drug-likeness (QED) is 0.770. The summed E-state index contributed by atoms with van der Waals surface area (Å²) >= 11 is 0. The van der Waals surface area contributed by atoms with Gasteiger partial charge in [0.25, 0.3) is 5.91 Å². The topological polar surface area (TPSA) is 70.7 Å². The molecule has 0 spiro atoms. The predicted octanol–water partition coefficient (Wildman–Crippen LogP) is 2.40. The molecule has 0 radical (unpaired) electrons. The van der Waals surface area contributed by atoms with E-state index in [-0.39, 0.29) is 5.91 Å². The van der Waals surface area contributed by atoms with E-state index in [9.17, 15) is 4.79 Å². The molecule has 5 heteroatoms. The van der Waals surface area contributed by atoms with Gasteiger partial charge in [0.1, 0.15) is 0 Å². The highest BCUT2D eigenvalue weighted by Crippen LogP contribution is 2.16. The van der Waals surface area contributed by atoms with Gasteiger partial charge in [0.05, 0.1) is 11.9 Å². The summed E-state index contributed by atoms with van der Waals surface area (Å²) in [6.45, 7) is 0.456. The van der Waals surface area contributed by atoms with E-state index >= 15 is 0 Å². The van der Waals surface area contributed by atoms with Crippen molar-refractivity contribution >= 4 is 5.91 Å². The van der Waals surface area contributed by atoms with Gasteiger partial charge in [0, 0.05) is 35.6 Å². The minimum atomic E-state index is -0.108. The average Bonchev–Trinajstić information content (AvgIpc) is 3.07. The average molecular weight is 278 g/mol. The van der Waals surface area contributed by atoms with Crippen LogP contribution in [-0.4, -0.2) is 21.1 Å². The summed E-state index contributed by atoms with van der Waals surface area (Å²) in [6, 6.07) is 13.1. The van der Waals surface area contributed by atoms with Gasteiger partial charge in [0.15, 0.2) is 0 Å². The molecule has 0 unspecified atom stereocenters. The van der Waals surface area contributed by atoms with E-state index in [0.29, 0.717) is 12.1 Å². The number of H-pyrrole nitrogens is 1. The summed E-state index contributed by atoms with van der Waals surface area (Å²) < 4.78 is 0. The van der Waals surface area contributed by atoms with Crippen LogP contribution in [-0.2, 0) is 6.54 Å². The molecule has 3 rings (SSSR count). The molecule has 1 aromatic carbocycles. The number of amides is 1. The van der Waals surface area contributed by atoms with E-state index in [1.807, 2.05) is 30.3 Å². The van der Waals surface area contributed by atoms with E-state index in [1.54, 1.807) is 30.7 Å². The van der Waals surface area contributed by atoms with Gasteiger partial charge >= 0.3 is 0 Å². The summed E-state index contributed by atoms with van der Waals surface area (Å²) in [5, 5.41) is 9.39. The molecular formula is C16H14N4O. The number of carbonyl (C=O) groups excluding carboxylic acids is 1. The fourth-order valence-electron chi connectivity index (χ4n) is 1.98. The summed E-state index contributed by atoms with van der Waals surface area (Å²) in [7, 11) is 0. The summed E-state index contributed by atoms with van der Waals surface area (Å²) in [4.78, 5) is 16.3. The van der Waals surface area contributed by atoms with E-state index in [0.717, 1.165) is 16.8 Å². The highest BCUT2D eigenvalue weighted by molar-refractivity contribution is 5.94. The lowest BCUT2D eigenvalue weighted by Crippen LogP contribution is -2.22. The zero-order valence-electron chi connectivity index (χ0n) is 11.3. The lowest BCUT2D eigenvalue weighted by molar-refractivity contribution is 0.0951. The summed E-state index contributed by atoms with van der Waals surface area (Å²) in [5.74, 6) is -0.108. The Bertz CT molecular complexity index is 706. The standard InChI is InChI=1S/C16H14N4O/c21-16(18-9-12-10-19-20-11-12)14-6-4-13(5-7-14)15-3-1-2-8-17-15/h1-8,10-11H,9H2,(H,18,21)(H,19,20). The molecule has 104 valence electrons. The van der Waals surface area contributed by atoms with Crippen molar-refractivity contribution in [1.29, 1.82) is 0 Å². The number of carbonyl (C=O) groups is 1. The van der Waals surface area contributed by atoms with Crippen molar-refractivity contribution in [2.75, 3.05) is 0 Å². The molecule has 2 aromatic heterocycles. The number of aromatic nitrogens is 3. The van der Waals surface area contributed by atoms with Gasteiger partial charge in [-0.15, -0.1) is 0 Å². The molecule has 0 aliphatic heterocycles. The van der Waals surface area contributed by atoms with Crippen LogP contribution < -0.4 is 5.32 Å². The smallest absolute Gasteiger partial charge is 0.251 e. The van der Waals surface area contributed by atoms with Gasteiger partial charge in [-0.05, 0) is 24.3 Å². The van der Waals surface area contributed by atoms with Crippen molar-refractivity contribution in [2.24, 2.45) is 0 Å². The van der Waals surface area contributed by atoms with Gasteiger partial charge in [-0.25, -0.2) is 0 Å². The van der Waals surface area contributed by atoms with Gasteiger partial charge in [-0.1, -0.05) is 18.2 Å². The van der Waals surface area contributed by atoms with Crippen LogP contribution in [0.2, 0.25) is 0 Å². The van der Waals surface area contributed by atoms with Crippen molar-refractivity contribution in [2.45, 2.75) is 6.54 Å². The zero-order chi connectivity index (χ0) is 14.5. The van der Waals surface area contributed by atoms with Crippen LogP contribution in [0.4, 0.5) is 0 Å². The molecule has 1 amide bonds. The van der Waals surface area contributed by atoms with E-state index in [2.05, 4.69) is 20.5 Å². The summed E-state index contributed by atoms with van der Waals surface area (Å²) in [6.07, 6.45) is 5.19. The molecule has 0 aliphatic carbocycles. The maximum Gasteiger partial charge on any atom is 0.251 e. The Morgan fingerprint density at radius 1 is 1.14 bits per heavy atom. The first-order chi connectivity index (χ1) is 10.3. The second-order valence-corrected chi connectivity index (χ2v) is 4.58. The van der Waals surface area contributed by atoms with E-state index in [4.69, 9.17) is 0 Å². The molecular weight excluding hydrogens is 264 g/mol. The Morgan fingerprint density at radius 3 is 2.67 bits per heavy atom. The lowest BCUT2D eigenvalue weighted by Gasteiger charge is -2.05. The van der Waals surface area contributed by atoms with Gasteiger partial charge < -0.3 is 5.32 Å². The zero-order valence-corrected chi connectivity index (χ0v) is 11.3. The largest absolute Gasteiger partial charge is 0.348 e. The first kappa shape index (κ1) is 13.1. The van der Waals surface area contributed by atoms with Crippen LogP contribution in [0.25, 0.3) is 11.3 Å². The molecule has 0 saturated heterocycles. The van der Waals surface area contributed by atoms with Crippen LogP contribution >= 0.6 is 0 Å². The number of pyridine rings is 1. The number of aromatic amines is 1. The lowest BCUT2D eigenvalue weighted by atomic mass is 10.1. The predicted molar refractivity (Wildman–Crippen MR) is 79.4 cm³/mol. The molecule has 0 atom stereocenters. The van der Waals surface area contributed by atoms with Crippen molar-refractivity contribution in [3.63, 3.8) is 0 Å². The van der Waals surface area contributed by atoms with Crippen LogP contribution in [0.5, 0.6) is 0 Å². The maximum atomic E-state index is 12.0. The maximum absolute atomic E-state index is 12.0. The molecule has 0 fully saturated rings. The number of hydrogen-bond donors (Lipinski definition) is 2. The normalized spacial score (nSPS) is 10.3. The fraction of sp³-hybridized carbons (Fsp3) is 0.0625. The number of nitrogens with one attached hydrogen (secondary N) is 2.